The minimum atomic E-state index is -0.496. The normalized spacial score (nSPS) is 17.8. The molecule has 1 fully saturated rings. The van der Waals surface area contributed by atoms with Crippen LogP contribution in [0.3, 0.4) is 0 Å². The van der Waals surface area contributed by atoms with Crippen molar-refractivity contribution in [3.05, 3.63) is 65.6 Å². The Hall–Kier alpha value is -3.19. The summed E-state index contributed by atoms with van der Waals surface area (Å²) in [5.41, 5.74) is 1.60. The topological polar surface area (TPSA) is 53.1 Å². The van der Waals surface area contributed by atoms with Crippen molar-refractivity contribution in [1.82, 2.24) is 9.80 Å². The lowest BCUT2D eigenvalue weighted by atomic mass is 10.0. The number of carbonyl (C=O) groups excluding carboxylic acids is 2. The average Bonchev–Trinajstić information content (AvgIpc) is 3.04. The standard InChI is InChI=1S/C23H24FN3O3/c1-3-25-11-13-26(14-12-25)21-20(16-7-9-19(30-2)10-8-16)22(28)27(23(21)29)18-6-4-5-17(24)15-18/h4-10,15H,3,11-14H2,1-2H3. The van der Waals surface area contributed by atoms with Gasteiger partial charge < -0.3 is 14.5 Å². The summed E-state index contributed by atoms with van der Waals surface area (Å²) in [5.74, 6) is -0.689. The molecular weight excluding hydrogens is 385 g/mol. The highest BCUT2D eigenvalue weighted by molar-refractivity contribution is 6.45. The van der Waals surface area contributed by atoms with Crippen LogP contribution in [0.4, 0.5) is 10.1 Å². The van der Waals surface area contributed by atoms with Gasteiger partial charge in [-0.25, -0.2) is 9.29 Å². The van der Waals surface area contributed by atoms with Crippen LogP contribution in [-0.4, -0.2) is 61.4 Å². The highest BCUT2D eigenvalue weighted by atomic mass is 19.1. The van der Waals surface area contributed by atoms with Gasteiger partial charge in [0.25, 0.3) is 11.8 Å². The molecule has 0 bridgehead atoms. The van der Waals surface area contributed by atoms with Crippen LogP contribution in [0.5, 0.6) is 5.75 Å². The van der Waals surface area contributed by atoms with Gasteiger partial charge in [0.1, 0.15) is 17.3 Å². The Bertz CT molecular complexity index is 995. The molecule has 1 saturated heterocycles. The first kappa shape index (κ1) is 20.1. The summed E-state index contributed by atoms with van der Waals surface area (Å²) in [6.45, 7) is 5.99. The summed E-state index contributed by atoms with van der Waals surface area (Å²) in [7, 11) is 1.57. The van der Waals surface area contributed by atoms with Crippen molar-refractivity contribution in [3.8, 4) is 5.75 Å². The maximum Gasteiger partial charge on any atom is 0.282 e. The van der Waals surface area contributed by atoms with Crippen LogP contribution < -0.4 is 9.64 Å². The maximum absolute atomic E-state index is 13.8. The molecule has 4 rings (SSSR count). The summed E-state index contributed by atoms with van der Waals surface area (Å²) in [5, 5.41) is 0. The maximum atomic E-state index is 13.8. The molecule has 2 aromatic rings. The van der Waals surface area contributed by atoms with E-state index in [-0.39, 0.29) is 5.69 Å². The molecule has 0 unspecified atom stereocenters. The Balaban J connectivity index is 1.77. The number of amides is 2. The van der Waals surface area contributed by atoms with Gasteiger partial charge in [0.15, 0.2) is 0 Å². The van der Waals surface area contributed by atoms with Crippen LogP contribution in [0.15, 0.2) is 54.2 Å². The summed E-state index contributed by atoms with van der Waals surface area (Å²) < 4.78 is 19.0. The molecular formula is C23H24FN3O3. The monoisotopic (exact) mass is 409 g/mol. The van der Waals surface area contributed by atoms with Gasteiger partial charge in [-0.2, -0.15) is 0 Å². The van der Waals surface area contributed by atoms with Gasteiger partial charge in [-0.1, -0.05) is 25.1 Å². The minimum Gasteiger partial charge on any atom is -0.497 e. The molecule has 0 aromatic heterocycles. The first-order valence-electron chi connectivity index (χ1n) is 10.0. The number of halogens is 1. The van der Waals surface area contributed by atoms with Crippen LogP contribution in [0.2, 0.25) is 0 Å². The van der Waals surface area contributed by atoms with E-state index in [1.54, 1.807) is 37.4 Å². The largest absolute Gasteiger partial charge is 0.497 e. The van der Waals surface area contributed by atoms with Gasteiger partial charge in [0.05, 0.1) is 18.4 Å². The van der Waals surface area contributed by atoms with E-state index in [1.807, 2.05) is 4.90 Å². The zero-order chi connectivity index (χ0) is 21.3. The minimum absolute atomic E-state index is 0.234. The zero-order valence-electron chi connectivity index (χ0n) is 17.1. The van der Waals surface area contributed by atoms with E-state index in [2.05, 4.69) is 11.8 Å². The molecule has 156 valence electrons. The molecule has 2 aromatic carbocycles. The van der Waals surface area contributed by atoms with Crippen molar-refractivity contribution < 1.29 is 18.7 Å². The number of nitrogens with zero attached hydrogens (tertiary/aromatic N) is 3. The number of piperazine rings is 1. The molecule has 0 spiro atoms. The third-order valence-electron chi connectivity index (χ3n) is 5.64. The Kier molecular flexibility index (Phi) is 5.55. The van der Waals surface area contributed by atoms with Crippen molar-refractivity contribution in [3.63, 3.8) is 0 Å². The predicted octanol–water partition coefficient (Wildman–Crippen LogP) is 2.76. The van der Waals surface area contributed by atoms with Crippen molar-refractivity contribution in [2.45, 2.75) is 6.92 Å². The van der Waals surface area contributed by atoms with Gasteiger partial charge >= 0.3 is 0 Å². The first-order chi connectivity index (χ1) is 14.5. The quantitative estimate of drug-likeness (QED) is 0.711. The van der Waals surface area contributed by atoms with Gasteiger partial charge in [-0.15, -0.1) is 0 Å². The van der Waals surface area contributed by atoms with Gasteiger partial charge in [-0.3, -0.25) is 9.59 Å². The number of methoxy groups -OCH3 is 1. The fourth-order valence-electron chi connectivity index (χ4n) is 3.97. The van der Waals surface area contributed by atoms with E-state index < -0.39 is 17.6 Å². The molecule has 30 heavy (non-hydrogen) atoms. The molecule has 0 aliphatic carbocycles. The number of likely N-dealkylation sites (N-methyl/N-ethyl adjacent to an activating group) is 1. The van der Waals surface area contributed by atoms with Crippen LogP contribution in [0, 0.1) is 5.82 Å². The van der Waals surface area contributed by atoms with E-state index in [0.717, 1.165) is 24.5 Å². The molecule has 6 nitrogen and oxygen atoms in total. The number of benzene rings is 2. The Morgan fingerprint density at radius 1 is 0.967 bits per heavy atom. The lowest BCUT2D eigenvalue weighted by Gasteiger charge is -2.36. The molecule has 0 N–H and O–H groups in total. The molecule has 2 aliphatic heterocycles. The molecule has 2 aliphatic rings. The number of hydrogen-bond acceptors (Lipinski definition) is 5. The number of anilines is 1. The smallest absolute Gasteiger partial charge is 0.282 e. The van der Waals surface area contributed by atoms with E-state index in [4.69, 9.17) is 4.74 Å². The van der Waals surface area contributed by atoms with Crippen molar-refractivity contribution in [2.24, 2.45) is 0 Å². The molecule has 2 amide bonds. The van der Waals surface area contributed by atoms with Crippen molar-refractivity contribution in [2.75, 3.05) is 44.7 Å². The Morgan fingerprint density at radius 3 is 2.27 bits per heavy atom. The van der Waals surface area contributed by atoms with Gasteiger partial charge in [0, 0.05) is 26.2 Å². The second-order valence-corrected chi connectivity index (χ2v) is 7.30. The highest BCUT2D eigenvalue weighted by Gasteiger charge is 2.43. The summed E-state index contributed by atoms with van der Waals surface area (Å²) in [6, 6.07) is 12.6. The fourth-order valence-corrected chi connectivity index (χ4v) is 3.97. The SMILES string of the molecule is CCN1CCN(C2=C(c3ccc(OC)cc3)C(=O)N(c3cccc(F)c3)C2=O)CC1. The van der Waals surface area contributed by atoms with Gasteiger partial charge in [-0.05, 0) is 42.4 Å². The summed E-state index contributed by atoms with van der Waals surface area (Å²) >= 11 is 0. The predicted molar refractivity (Wildman–Crippen MR) is 112 cm³/mol. The Labute approximate surface area is 175 Å². The second kappa shape index (κ2) is 8.28. The average molecular weight is 409 g/mol. The summed E-state index contributed by atoms with van der Waals surface area (Å²) in [4.78, 5) is 32.2. The van der Waals surface area contributed by atoms with Crippen molar-refractivity contribution in [1.29, 1.82) is 0 Å². The first-order valence-corrected chi connectivity index (χ1v) is 10.0. The van der Waals surface area contributed by atoms with Crippen molar-refractivity contribution >= 4 is 23.1 Å². The van der Waals surface area contributed by atoms with Gasteiger partial charge in [0.2, 0.25) is 0 Å². The number of rotatable bonds is 5. The fraction of sp³-hybridized carbons (Fsp3) is 0.304. The van der Waals surface area contributed by atoms with E-state index in [9.17, 15) is 14.0 Å². The van der Waals surface area contributed by atoms with Crippen LogP contribution in [-0.2, 0) is 9.59 Å². The second-order valence-electron chi connectivity index (χ2n) is 7.30. The molecule has 7 heteroatoms. The number of hydrogen-bond donors (Lipinski definition) is 0. The van der Waals surface area contributed by atoms with E-state index >= 15 is 0 Å². The van der Waals surface area contributed by atoms with E-state index in [0.29, 0.717) is 35.7 Å². The summed E-state index contributed by atoms with van der Waals surface area (Å²) in [6.07, 6.45) is 0. The number of carbonyl (C=O) groups is 2. The van der Waals surface area contributed by atoms with Crippen LogP contribution in [0.1, 0.15) is 12.5 Å². The van der Waals surface area contributed by atoms with Crippen LogP contribution in [0.25, 0.3) is 5.57 Å². The third-order valence-corrected chi connectivity index (χ3v) is 5.64. The zero-order valence-corrected chi connectivity index (χ0v) is 17.1. The lowest BCUT2D eigenvalue weighted by Crippen LogP contribution is -2.47. The number of imide groups is 1. The lowest BCUT2D eigenvalue weighted by molar-refractivity contribution is -0.120. The van der Waals surface area contributed by atoms with Crippen LogP contribution >= 0.6 is 0 Å². The Morgan fingerprint density at radius 2 is 1.67 bits per heavy atom. The van der Waals surface area contributed by atoms with E-state index in [1.165, 1.54) is 18.2 Å². The molecule has 0 radical (unpaired) electrons. The molecule has 0 saturated carbocycles. The number of ether oxygens (including phenoxy) is 1. The highest BCUT2D eigenvalue weighted by Crippen LogP contribution is 2.35. The molecule has 2 heterocycles. The third kappa shape index (κ3) is 3.57. The molecule has 0 atom stereocenters.